The van der Waals surface area contributed by atoms with E-state index in [-0.39, 0.29) is 4.90 Å². The molecule has 7 heteroatoms. The van der Waals surface area contributed by atoms with Gasteiger partial charge in [-0.3, -0.25) is 0 Å². The summed E-state index contributed by atoms with van der Waals surface area (Å²) in [4.78, 5) is 2.30. The lowest BCUT2D eigenvalue weighted by atomic mass is 10.1. The number of nitrogen functional groups attached to an aromatic ring is 1. The Hall–Kier alpha value is -0.920. The molecule has 0 aliphatic carbocycles. The van der Waals surface area contributed by atoms with Crippen LogP contribution in [-0.4, -0.2) is 32.5 Å². The summed E-state index contributed by atoms with van der Waals surface area (Å²) in [5, 5.41) is 5.77. The highest BCUT2D eigenvalue weighted by molar-refractivity contribution is 8.00. The molecule has 0 aromatic heterocycles. The van der Waals surface area contributed by atoms with Crippen molar-refractivity contribution in [3.05, 3.63) is 17.7 Å². The zero-order valence-corrected chi connectivity index (χ0v) is 12.7. The average molecular weight is 301 g/mol. The van der Waals surface area contributed by atoms with Gasteiger partial charge in [0.15, 0.2) is 0 Å². The first kappa shape index (κ1) is 14.5. The van der Waals surface area contributed by atoms with Gasteiger partial charge < -0.3 is 10.6 Å². The van der Waals surface area contributed by atoms with Crippen LogP contribution < -0.4 is 15.8 Å². The molecule has 1 atom stereocenters. The molecule has 0 saturated carbocycles. The molecule has 5 nitrogen and oxygen atoms in total. The molecule has 1 heterocycles. The minimum atomic E-state index is -3.74. The molecule has 0 amide bonds. The molecular weight excluding hydrogens is 282 g/mol. The van der Waals surface area contributed by atoms with Gasteiger partial charge in [0.05, 0.1) is 4.90 Å². The molecule has 1 aliphatic rings. The van der Waals surface area contributed by atoms with Crippen LogP contribution in [0.4, 0.5) is 11.4 Å². The lowest BCUT2D eigenvalue weighted by molar-refractivity contribution is 0.597. The van der Waals surface area contributed by atoms with E-state index in [9.17, 15) is 8.42 Å². The zero-order chi connectivity index (χ0) is 14.2. The van der Waals surface area contributed by atoms with Crippen molar-refractivity contribution in [3.8, 4) is 0 Å². The predicted molar refractivity (Wildman–Crippen MR) is 81.1 cm³/mol. The molecule has 0 spiro atoms. The van der Waals surface area contributed by atoms with E-state index in [2.05, 4.69) is 11.8 Å². The standard InChI is InChI=1S/C12H19N3O2S2/c1-8-7-15(3-4-18-8)11-5-10(13)6-12(9(11)2)19(14,16)17/h5-6,8H,3-4,7,13H2,1-2H3,(H2,14,16,17). The van der Waals surface area contributed by atoms with Crippen molar-refractivity contribution in [1.29, 1.82) is 0 Å². The molecule has 106 valence electrons. The topological polar surface area (TPSA) is 89.4 Å². The van der Waals surface area contributed by atoms with E-state index in [1.54, 1.807) is 6.92 Å². The molecule has 19 heavy (non-hydrogen) atoms. The fourth-order valence-corrected chi connectivity index (χ4v) is 4.20. The van der Waals surface area contributed by atoms with E-state index in [4.69, 9.17) is 10.9 Å². The molecular formula is C12H19N3O2S2. The van der Waals surface area contributed by atoms with Crippen molar-refractivity contribution in [2.75, 3.05) is 29.5 Å². The van der Waals surface area contributed by atoms with Crippen molar-refractivity contribution in [2.24, 2.45) is 5.14 Å². The minimum absolute atomic E-state index is 0.119. The van der Waals surface area contributed by atoms with Gasteiger partial charge in [-0.25, -0.2) is 13.6 Å². The van der Waals surface area contributed by atoms with Gasteiger partial charge >= 0.3 is 0 Å². The van der Waals surface area contributed by atoms with Crippen LogP contribution in [0.1, 0.15) is 12.5 Å². The van der Waals surface area contributed by atoms with Gasteiger partial charge in [0.25, 0.3) is 0 Å². The van der Waals surface area contributed by atoms with Crippen LogP contribution in [-0.2, 0) is 10.0 Å². The second-order valence-corrected chi connectivity index (χ2v) is 7.91. The number of hydrogen-bond donors (Lipinski definition) is 2. The molecule has 1 aromatic rings. The van der Waals surface area contributed by atoms with E-state index < -0.39 is 10.0 Å². The number of sulfonamides is 1. The average Bonchev–Trinajstić information content (AvgIpc) is 2.30. The SMILES string of the molecule is Cc1c(N2CCSC(C)C2)cc(N)cc1S(N)(=O)=O. The smallest absolute Gasteiger partial charge is 0.238 e. The number of rotatable bonds is 2. The Kier molecular flexibility index (Phi) is 3.98. The van der Waals surface area contributed by atoms with Crippen molar-refractivity contribution in [1.82, 2.24) is 0 Å². The van der Waals surface area contributed by atoms with Crippen molar-refractivity contribution in [2.45, 2.75) is 24.0 Å². The highest BCUT2D eigenvalue weighted by Crippen LogP contribution is 2.32. The predicted octanol–water partition coefficient (Wildman–Crippen LogP) is 1.17. The van der Waals surface area contributed by atoms with Crippen LogP contribution in [0.2, 0.25) is 0 Å². The summed E-state index contributed by atoms with van der Waals surface area (Å²) in [5.41, 5.74) is 7.79. The van der Waals surface area contributed by atoms with Crippen LogP contribution in [0, 0.1) is 6.92 Å². The molecule has 1 unspecified atom stereocenters. The highest BCUT2D eigenvalue weighted by Gasteiger charge is 2.22. The monoisotopic (exact) mass is 301 g/mol. The molecule has 0 radical (unpaired) electrons. The lowest BCUT2D eigenvalue weighted by Gasteiger charge is -2.34. The Morgan fingerprint density at radius 1 is 1.42 bits per heavy atom. The largest absolute Gasteiger partial charge is 0.399 e. The third kappa shape index (κ3) is 3.16. The Morgan fingerprint density at radius 3 is 2.68 bits per heavy atom. The Balaban J connectivity index is 2.49. The summed E-state index contributed by atoms with van der Waals surface area (Å²) in [5.74, 6) is 1.03. The molecule has 1 aromatic carbocycles. The van der Waals surface area contributed by atoms with E-state index in [1.807, 2.05) is 17.8 Å². The molecule has 0 bridgehead atoms. The number of nitrogens with two attached hydrogens (primary N) is 2. The summed E-state index contributed by atoms with van der Waals surface area (Å²) in [6.45, 7) is 5.72. The second-order valence-electron chi connectivity index (χ2n) is 4.84. The molecule has 1 aliphatic heterocycles. The van der Waals surface area contributed by atoms with E-state index in [1.165, 1.54) is 6.07 Å². The summed E-state index contributed by atoms with van der Waals surface area (Å²) >= 11 is 1.92. The van der Waals surface area contributed by atoms with E-state index >= 15 is 0 Å². The van der Waals surface area contributed by atoms with Gasteiger partial charge in [-0.05, 0) is 24.6 Å². The van der Waals surface area contributed by atoms with Crippen molar-refractivity contribution in [3.63, 3.8) is 0 Å². The summed E-state index contributed by atoms with van der Waals surface area (Å²) in [6, 6.07) is 3.25. The lowest BCUT2D eigenvalue weighted by Crippen LogP contribution is -2.37. The quantitative estimate of drug-likeness (QED) is 0.800. The summed E-state index contributed by atoms with van der Waals surface area (Å²) in [6.07, 6.45) is 0. The summed E-state index contributed by atoms with van der Waals surface area (Å²) in [7, 11) is -3.74. The molecule has 1 fully saturated rings. The fourth-order valence-electron chi connectivity index (χ4n) is 2.35. The van der Waals surface area contributed by atoms with E-state index in [0.29, 0.717) is 16.5 Å². The molecule has 1 saturated heterocycles. The van der Waals surface area contributed by atoms with Crippen LogP contribution in [0.25, 0.3) is 0 Å². The molecule has 4 N–H and O–H groups in total. The van der Waals surface area contributed by atoms with E-state index in [0.717, 1.165) is 24.5 Å². The first-order valence-corrected chi connectivity index (χ1v) is 8.68. The number of primary sulfonamides is 1. The fraction of sp³-hybridized carbons (Fsp3) is 0.500. The Labute approximate surface area is 118 Å². The number of thioether (sulfide) groups is 1. The van der Waals surface area contributed by atoms with Gasteiger partial charge in [-0.1, -0.05) is 6.92 Å². The number of anilines is 2. The normalized spacial score (nSPS) is 20.6. The van der Waals surface area contributed by atoms with Crippen molar-refractivity contribution >= 4 is 33.2 Å². The maximum atomic E-state index is 11.6. The van der Waals surface area contributed by atoms with Gasteiger partial charge in [-0.2, -0.15) is 11.8 Å². The minimum Gasteiger partial charge on any atom is -0.399 e. The first-order chi connectivity index (χ1) is 8.79. The number of benzene rings is 1. The van der Waals surface area contributed by atoms with Gasteiger partial charge in [-0.15, -0.1) is 0 Å². The number of hydrogen-bond acceptors (Lipinski definition) is 5. The van der Waals surface area contributed by atoms with Gasteiger partial charge in [0.1, 0.15) is 0 Å². The van der Waals surface area contributed by atoms with Gasteiger partial charge in [0.2, 0.25) is 10.0 Å². The Morgan fingerprint density at radius 2 is 2.11 bits per heavy atom. The molecule has 2 rings (SSSR count). The van der Waals surface area contributed by atoms with Crippen LogP contribution in [0.3, 0.4) is 0 Å². The maximum Gasteiger partial charge on any atom is 0.238 e. The number of nitrogens with zero attached hydrogens (tertiary/aromatic N) is 1. The van der Waals surface area contributed by atoms with Crippen LogP contribution >= 0.6 is 11.8 Å². The third-order valence-corrected chi connectivity index (χ3v) is 5.42. The maximum absolute atomic E-state index is 11.6. The summed E-state index contributed by atoms with van der Waals surface area (Å²) < 4.78 is 23.2. The van der Waals surface area contributed by atoms with Crippen LogP contribution in [0.5, 0.6) is 0 Å². The first-order valence-electron chi connectivity index (χ1n) is 6.08. The Bertz CT molecular complexity index is 587. The highest BCUT2D eigenvalue weighted by atomic mass is 32.2. The van der Waals surface area contributed by atoms with Crippen molar-refractivity contribution < 1.29 is 8.42 Å². The zero-order valence-electron chi connectivity index (χ0n) is 11.1. The second kappa shape index (κ2) is 5.22. The van der Waals surface area contributed by atoms with Crippen LogP contribution in [0.15, 0.2) is 17.0 Å². The van der Waals surface area contributed by atoms with Gasteiger partial charge in [0, 0.05) is 35.5 Å². The third-order valence-electron chi connectivity index (χ3n) is 3.24.